The van der Waals surface area contributed by atoms with Gasteiger partial charge in [-0.3, -0.25) is 9.36 Å². The number of phenols is 1. The lowest BCUT2D eigenvalue weighted by molar-refractivity contribution is -0.137. The highest BCUT2D eigenvalue weighted by molar-refractivity contribution is 5.94. The summed E-state index contributed by atoms with van der Waals surface area (Å²) >= 11 is 0. The zero-order valence-electron chi connectivity index (χ0n) is 15.2. The van der Waals surface area contributed by atoms with Gasteiger partial charge in [-0.05, 0) is 35.9 Å². The summed E-state index contributed by atoms with van der Waals surface area (Å²) in [6.45, 7) is 0. The first-order valence-corrected chi connectivity index (χ1v) is 8.69. The number of aromatic nitrogens is 2. The Labute approximate surface area is 163 Å². The van der Waals surface area contributed by atoms with Crippen LogP contribution in [0.2, 0.25) is 0 Å². The highest BCUT2D eigenvalue weighted by Gasteiger charge is 2.33. The van der Waals surface area contributed by atoms with Gasteiger partial charge in [-0.2, -0.15) is 13.2 Å². The maximum Gasteiger partial charge on any atom is 0.416 e. The van der Waals surface area contributed by atoms with Crippen molar-refractivity contribution in [1.29, 1.82) is 0 Å². The Morgan fingerprint density at radius 3 is 2.72 bits per heavy atom. The molecular weight excluding hydrogens is 387 g/mol. The predicted octanol–water partition coefficient (Wildman–Crippen LogP) is 4.08. The van der Waals surface area contributed by atoms with Gasteiger partial charge >= 0.3 is 6.18 Å². The Morgan fingerprint density at radius 1 is 1.24 bits per heavy atom. The highest BCUT2D eigenvalue weighted by Crippen LogP contribution is 2.40. The van der Waals surface area contributed by atoms with E-state index in [1.807, 2.05) is 0 Å². The zero-order chi connectivity index (χ0) is 20.8. The van der Waals surface area contributed by atoms with Crippen LogP contribution in [-0.4, -0.2) is 27.7 Å². The van der Waals surface area contributed by atoms with Gasteiger partial charge < -0.3 is 15.2 Å². The first kappa shape index (κ1) is 18.9. The quantitative estimate of drug-likeness (QED) is 0.691. The first-order chi connectivity index (χ1) is 13.8. The minimum atomic E-state index is -4.48. The zero-order valence-corrected chi connectivity index (χ0v) is 15.2. The van der Waals surface area contributed by atoms with E-state index in [-0.39, 0.29) is 23.8 Å². The van der Waals surface area contributed by atoms with Gasteiger partial charge in [0.25, 0.3) is 0 Å². The number of aromatic hydroxyl groups is 1. The smallest absolute Gasteiger partial charge is 0.416 e. The number of carbonyl (C=O) groups is 1. The number of anilines is 1. The van der Waals surface area contributed by atoms with Gasteiger partial charge in [-0.15, -0.1) is 0 Å². The number of hydrogen-bond acceptors (Lipinski definition) is 4. The summed E-state index contributed by atoms with van der Waals surface area (Å²) in [6.07, 6.45) is -3.01. The number of phenolic OH excluding ortho intramolecular Hbond substituents is 1. The van der Waals surface area contributed by atoms with Crippen LogP contribution in [0.25, 0.3) is 5.69 Å². The van der Waals surface area contributed by atoms with Crippen molar-refractivity contribution in [3.63, 3.8) is 0 Å². The van der Waals surface area contributed by atoms with Crippen LogP contribution in [0.1, 0.15) is 29.2 Å². The fourth-order valence-corrected chi connectivity index (χ4v) is 3.43. The molecule has 0 spiro atoms. The van der Waals surface area contributed by atoms with E-state index in [0.717, 1.165) is 12.1 Å². The van der Waals surface area contributed by atoms with Gasteiger partial charge in [0.15, 0.2) is 11.5 Å². The summed E-state index contributed by atoms with van der Waals surface area (Å²) in [6, 6.07) is 9.58. The Kier molecular flexibility index (Phi) is 4.45. The van der Waals surface area contributed by atoms with Crippen LogP contribution in [0.5, 0.6) is 11.5 Å². The monoisotopic (exact) mass is 403 g/mol. The van der Waals surface area contributed by atoms with Gasteiger partial charge in [0.05, 0.1) is 18.4 Å². The third kappa shape index (κ3) is 3.39. The molecule has 0 bridgehead atoms. The summed E-state index contributed by atoms with van der Waals surface area (Å²) in [7, 11) is 1.43. The lowest BCUT2D eigenvalue weighted by Gasteiger charge is -2.24. The summed E-state index contributed by atoms with van der Waals surface area (Å²) in [5.41, 5.74) is 0.587. The molecule has 0 saturated carbocycles. The van der Waals surface area contributed by atoms with E-state index in [4.69, 9.17) is 4.74 Å². The number of rotatable bonds is 3. The molecule has 150 valence electrons. The van der Waals surface area contributed by atoms with Gasteiger partial charge in [0.2, 0.25) is 5.91 Å². The van der Waals surface area contributed by atoms with Gasteiger partial charge in [-0.1, -0.05) is 12.1 Å². The molecule has 2 heterocycles. The average molecular weight is 403 g/mol. The fourth-order valence-electron chi connectivity index (χ4n) is 3.43. The molecule has 2 aromatic carbocycles. The molecule has 0 aliphatic carbocycles. The van der Waals surface area contributed by atoms with Gasteiger partial charge in [0.1, 0.15) is 12.1 Å². The van der Waals surface area contributed by atoms with E-state index in [9.17, 15) is 23.1 Å². The Bertz CT molecular complexity index is 1090. The second-order valence-electron chi connectivity index (χ2n) is 6.63. The second-order valence-corrected chi connectivity index (χ2v) is 6.63. The van der Waals surface area contributed by atoms with E-state index < -0.39 is 17.7 Å². The number of nitrogens with one attached hydrogen (secondary N) is 1. The van der Waals surface area contributed by atoms with E-state index in [1.165, 1.54) is 36.2 Å². The molecule has 4 rings (SSSR count). The van der Waals surface area contributed by atoms with Gasteiger partial charge in [0, 0.05) is 18.0 Å². The average Bonchev–Trinajstić information content (AvgIpc) is 3.10. The molecule has 1 amide bonds. The number of nitrogens with zero attached hydrogens (tertiary/aromatic N) is 2. The second kappa shape index (κ2) is 6.84. The molecule has 1 aromatic heterocycles. The molecule has 0 radical (unpaired) electrons. The lowest BCUT2D eigenvalue weighted by atomic mass is 9.89. The Morgan fingerprint density at radius 2 is 2.03 bits per heavy atom. The fraction of sp³-hybridized carbons (Fsp3) is 0.200. The number of alkyl halides is 3. The molecule has 3 aromatic rings. The number of amides is 1. The van der Waals surface area contributed by atoms with Crippen LogP contribution in [0.15, 0.2) is 48.8 Å². The van der Waals surface area contributed by atoms with E-state index in [1.54, 1.807) is 12.1 Å². The van der Waals surface area contributed by atoms with Crippen LogP contribution in [0, 0.1) is 0 Å². The van der Waals surface area contributed by atoms with Crippen molar-refractivity contribution >= 4 is 11.7 Å². The normalized spacial score (nSPS) is 16.3. The number of fused-ring (bicyclic) bond motifs is 1. The molecule has 1 aliphatic rings. The van der Waals surface area contributed by atoms with Crippen molar-refractivity contribution in [1.82, 2.24) is 9.55 Å². The van der Waals surface area contributed by atoms with Crippen molar-refractivity contribution in [2.24, 2.45) is 0 Å². The number of imidazole rings is 1. The van der Waals surface area contributed by atoms with Gasteiger partial charge in [-0.25, -0.2) is 4.98 Å². The molecular formula is C20H16F3N3O3. The number of hydrogen-bond donors (Lipinski definition) is 2. The molecule has 1 aliphatic heterocycles. The van der Waals surface area contributed by atoms with Crippen molar-refractivity contribution in [2.75, 3.05) is 12.4 Å². The Hall–Kier alpha value is -3.49. The first-order valence-electron chi connectivity index (χ1n) is 8.69. The van der Waals surface area contributed by atoms with E-state index >= 15 is 0 Å². The third-order valence-electron chi connectivity index (χ3n) is 4.83. The molecule has 29 heavy (non-hydrogen) atoms. The molecule has 9 heteroatoms. The standard InChI is InChI=1S/C20H16F3N3O3/c1-29-16-6-5-11(7-15(16)27)14-9-17(28)25-19-18(14)24-10-26(19)13-4-2-3-12(8-13)20(21,22)23/h2-8,10,14,27H,9H2,1H3,(H,25,28)/t14-/m1/s1. The molecule has 0 unspecified atom stereocenters. The minimum Gasteiger partial charge on any atom is -0.504 e. The van der Waals surface area contributed by atoms with Crippen LogP contribution in [0.4, 0.5) is 19.0 Å². The summed E-state index contributed by atoms with van der Waals surface area (Å²) < 4.78 is 45.6. The molecule has 2 N–H and O–H groups in total. The van der Waals surface area contributed by atoms with Crippen LogP contribution in [-0.2, 0) is 11.0 Å². The predicted molar refractivity (Wildman–Crippen MR) is 98.3 cm³/mol. The van der Waals surface area contributed by atoms with Crippen LogP contribution < -0.4 is 10.1 Å². The lowest BCUT2D eigenvalue weighted by Crippen LogP contribution is -2.25. The maximum atomic E-state index is 13.1. The van der Waals surface area contributed by atoms with Crippen LogP contribution in [0.3, 0.4) is 0 Å². The third-order valence-corrected chi connectivity index (χ3v) is 4.83. The van der Waals surface area contributed by atoms with Crippen molar-refractivity contribution in [2.45, 2.75) is 18.5 Å². The number of ether oxygens (including phenoxy) is 1. The summed E-state index contributed by atoms with van der Waals surface area (Å²) in [5.74, 6) is -0.228. The molecule has 0 saturated heterocycles. The largest absolute Gasteiger partial charge is 0.504 e. The Balaban J connectivity index is 1.78. The molecule has 0 fully saturated rings. The van der Waals surface area contributed by atoms with Crippen molar-refractivity contribution in [3.8, 4) is 17.2 Å². The summed E-state index contributed by atoms with van der Waals surface area (Å²) in [4.78, 5) is 16.6. The van der Waals surface area contributed by atoms with Crippen molar-refractivity contribution < 1.29 is 27.8 Å². The van der Waals surface area contributed by atoms with Crippen molar-refractivity contribution in [3.05, 3.63) is 65.6 Å². The van der Waals surface area contributed by atoms with E-state index in [2.05, 4.69) is 10.3 Å². The number of methoxy groups -OCH3 is 1. The number of benzene rings is 2. The highest BCUT2D eigenvalue weighted by atomic mass is 19.4. The summed E-state index contributed by atoms with van der Waals surface area (Å²) in [5, 5.41) is 12.8. The SMILES string of the molecule is COc1ccc([C@H]2CC(=O)Nc3c2ncn3-c2cccc(C(F)(F)F)c2)cc1O. The van der Waals surface area contributed by atoms with Crippen LogP contribution >= 0.6 is 0 Å². The maximum absolute atomic E-state index is 13.1. The molecule has 6 nitrogen and oxygen atoms in total. The van der Waals surface area contributed by atoms with E-state index in [0.29, 0.717) is 22.8 Å². The number of halogens is 3. The minimum absolute atomic E-state index is 0.0742. The topological polar surface area (TPSA) is 76.4 Å². The number of carbonyl (C=O) groups excluding carboxylic acids is 1. The molecule has 1 atom stereocenters.